The molecule has 3 nitrogen and oxygen atoms in total. The van der Waals surface area contributed by atoms with E-state index in [1.54, 1.807) is 19.2 Å². The summed E-state index contributed by atoms with van der Waals surface area (Å²) in [5, 5.41) is 0. The van der Waals surface area contributed by atoms with E-state index >= 15 is 0 Å². The summed E-state index contributed by atoms with van der Waals surface area (Å²) in [6.07, 6.45) is 0. The second-order valence-corrected chi connectivity index (χ2v) is 5.24. The van der Waals surface area contributed by atoms with Crippen LogP contribution in [0.5, 0.6) is 17.2 Å². The Morgan fingerprint density at radius 3 is 2.35 bits per heavy atom. The largest absolute Gasteiger partial charge is 0.497 e. The predicted octanol–water partition coefficient (Wildman–Crippen LogP) is 4.50. The molecule has 20 heavy (non-hydrogen) atoms. The van der Waals surface area contributed by atoms with Gasteiger partial charge in [-0.3, -0.25) is 0 Å². The van der Waals surface area contributed by atoms with Gasteiger partial charge < -0.3 is 15.2 Å². The summed E-state index contributed by atoms with van der Waals surface area (Å²) in [5.74, 6) is 2.65. The molecular formula is C17H21NO2. The number of rotatable bonds is 4. The first-order chi connectivity index (χ1) is 9.49. The number of nitrogen functional groups attached to an aromatic ring is 1. The molecule has 0 bridgehead atoms. The van der Waals surface area contributed by atoms with Crippen LogP contribution in [0.1, 0.15) is 30.9 Å². The van der Waals surface area contributed by atoms with Gasteiger partial charge in [0.25, 0.3) is 0 Å². The molecule has 2 aromatic carbocycles. The van der Waals surface area contributed by atoms with Gasteiger partial charge in [0.05, 0.1) is 7.11 Å². The van der Waals surface area contributed by atoms with Gasteiger partial charge in [0.15, 0.2) is 0 Å². The van der Waals surface area contributed by atoms with Crippen molar-refractivity contribution in [2.45, 2.75) is 26.7 Å². The lowest BCUT2D eigenvalue weighted by atomic mass is 10.0. The lowest BCUT2D eigenvalue weighted by Gasteiger charge is -2.15. The zero-order chi connectivity index (χ0) is 14.7. The van der Waals surface area contributed by atoms with Gasteiger partial charge in [-0.15, -0.1) is 0 Å². The minimum Gasteiger partial charge on any atom is -0.497 e. The highest BCUT2D eigenvalue weighted by atomic mass is 16.5. The van der Waals surface area contributed by atoms with E-state index in [1.165, 1.54) is 11.1 Å². The number of hydrogen-bond acceptors (Lipinski definition) is 3. The number of hydrogen-bond donors (Lipinski definition) is 1. The minimum atomic E-state index is 0.397. The van der Waals surface area contributed by atoms with Gasteiger partial charge in [-0.2, -0.15) is 0 Å². The number of nitrogens with two attached hydrogens (primary N) is 1. The van der Waals surface area contributed by atoms with Crippen LogP contribution in [-0.2, 0) is 0 Å². The first-order valence-electron chi connectivity index (χ1n) is 6.72. The van der Waals surface area contributed by atoms with Gasteiger partial charge in [-0.25, -0.2) is 0 Å². The Hall–Kier alpha value is -2.16. The molecule has 0 aromatic heterocycles. The van der Waals surface area contributed by atoms with Crippen LogP contribution in [-0.4, -0.2) is 7.11 Å². The van der Waals surface area contributed by atoms with E-state index in [1.807, 2.05) is 12.1 Å². The van der Waals surface area contributed by atoms with Crippen molar-refractivity contribution in [3.8, 4) is 17.2 Å². The summed E-state index contributed by atoms with van der Waals surface area (Å²) in [6.45, 7) is 6.35. The molecule has 0 saturated heterocycles. The molecule has 0 saturated carbocycles. The Labute approximate surface area is 120 Å². The van der Waals surface area contributed by atoms with Crippen molar-refractivity contribution >= 4 is 5.69 Å². The van der Waals surface area contributed by atoms with E-state index in [-0.39, 0.29) is 0 Å². The van der Waals surface area contributed by atoms with Gasteiger partial charge in [-0.05, 0) is 30.0 Å². The summed E-state index contributed by atoms with van der Waals surface area (Å²) < 4.78 is 11.2. The predicted molar refractivity (Wildman–Crippen MR) is 82.7 cm³/mol. The lowest BCUT2D eigenvalue weighted by Crippen LogP contribution is -1.96. The highest BCUT2D eigenvalue weighted by Gasteiger charge is 2.10. The van der Waals surface area contributed by atoms with Crippen LogP contribution < -0.4 is 15.2 Å². The smallest absolute Gasteiger partial charge is 0.133 e. The maximum Gasteiger partial charge on any atom is 0.133 e. The third-order valence-corrected chi connectivity index (χ3v) is 3.16. The fraction of sp³-hybridized carbons (Fsp3) is 0.294. The van der Waals surface area contributed by atoms with Crippen LogP contribution in [0.15, 0.2) is 36.4 Å². The third-order valence-electron chi connectivity index (χ3n) is 3.16. The second kappa shape index (κ2) is 5.87. The van der Waals surface area contributed by atoms with E-state index in [2.05, 4.69) is 32.9 Å². The summed E-state index contributed by atoms with van der Waals surface area (Å²) in [4.78, 5) is 0. The molecule has 106 valence electrons. The molecule has 0 amide bonds. The maximum absolute atomic E-state index is 6.01. The molecule has 0 fully saturated rings. The highest BCUT2D eigenvalue weighted by Crippen LogP contribution is 2.33. The zero-order valence-electron chi connectivity index (χ0n) is 12.4. The number of methoxy groups -OCH3 is 1. The number of anilines is 1. The van der Waals surface area contributed by atoms with Crippen molar-refractivity contribution in [1.29, 1.82) is 0 Å². The summed E-state index contributed by atoms with van der Waals surface area (Å²) in [7, 11) is 1.62. The number of aryl methyl sites for hydroxylation is 1. The third kappa shape index (κ3) is 3.23. The fourth-order valence-corrected chi connectivity index (χ4v) is 2.10. The molecular weight excluding hydrogens is 250 g/mol. The Bertz CT molecular complexity index is 606. The summed E-state index contributed by atoms with van der Waals surface area (Å²) >= 11 is 0. The molecule has 2 N–H and O–H groups in total. The van der Waals surface area contributed by atoms with Crippen LogP contribution in [0, 0.1) is 6.92 Å². The molecule has 0 heterocycles. The van der Waals surface area contributed by atoms with E-state index in [0.29, 0.717) is 23.1 Å². The Morgan fingerprint density at radius 1 is 1.00 bits per heavy atom. The molecule has 0 radical (unpaired) electrons. The number of ether oxygens (including phenoxy) is 2. The first kappa shape index (κ1) is 14.3. The molecule has 0 unspecified atom stereocenters. The average molecular weight is 271 g/mol. The van der Waals surface area contributed by atoms with Crippen molar-refractivity contribution in [3.63, 3.8) is 0 Å². The van der Waals surface area contributed by atoms with Crippen molar-refractivity contribution < 1.29 is 9.47 Å². The summed E-state index contributed by atoms with van der Waals surface area (Å²) in [5.41, 5.74) is 8.82. The van der Waals surface area contributed by atoms with Gasteiger partial charge >= 0.3 is 0 Å². The highest BCUT2D eigenvalue weighted by molar-refractivity contribution is 5.52. The van der Waals surface area contributed by atoms with Crippen LogP contribution in [0.3, 0.4) is 0 Å². The molecule has 2 aromatic rings. The standard InChI is InChI=1S/C17H21NO2/c1-11(2)16-6-5-12(3)7-17(16)20-15-9-13(18)8-14(10-15)19-4/h5-11H,18H2,1-4H3. The van der Waals surface area contributed by atoms with Gasteiger partial charge in [-0.1, -0.05) is 26.0 Å². The zero-order valence-corrected chi connectivity index (χ0v) is 12.4. The minimum absolute atomic E-state index is 0.397. The van der Waals surface area contributed by atoms with Gasteiger partial charge in [0.1, 0.15) is 17.2 Å². The van der Waals surface area contributed by atoms with E-state index < -0.39 is 0 Å². The second-order valence-electron chi connectivity index (χ2n) is 5.24. The van der Waals surface area contributed by atoms with E-state index in [4.69, 9.17) is 15.2 Å². The number of benzene rings is 2. The molecule has 0 spiro atoms. The van der Waals surface area contributed by atoms with Gasteiger partial charge in [0.2, 0.25) is 0 Å². The molecule has 3 heteroatoms. The Morgan fingerprint density at radius 2 is 1.70 bits per heavy atom. The van der Waals surface area contributed by atoms with E-state index in [0.717, 1.165) is 5.75 Å². The normalized spacial score (nSPS) is 10.7. The van der Waals surface area contributed by atoms with Crippen molar-refractivity contribution in [1.82, 2.24) is 0 Å². The SMILES string of the molecule is COc1cc(N)cc(Oc2cc(C)ccc2C(C)C)c1. The lowest BCUT2D eigenvalue weighted by molar-refractivity contribution is 0.409. The Kier molecular flexibility index (Phi) is 4.18. The fourth-order valence-electron chi connectivity index (χ4n) is 2.10. The average Bonchev–Trinajstić information content (AvgIpc) is 2.37. The van der Waals surface area contributed by atoms with Gasteiger partial charge in [0, 0.05) is 23.9 Å². The van der Waals surface area contributed by atoms with Crippen LogP contribution in [0.4, 0.5) is 5.69 Å². The quantitative estimate of drug-likeness (QED) is 0.832. The molecule has 2 rings (SSSR count). The molecule has 0 aliphatic carbocycles. The Balaban J connectivity index is 2.38. The molecule has 0 atom stereocenters. The van der Waals surface area contributed by atoms with Crippen molar-refractivity contribution in [2.24, 2.45) is 0 Å². The monoisotopic (exact) mass is 271 g/mol. The topological polar surface area (TPSA) is 44.5 Å². The van der Waals surface area contributed by atoms with Crippen LogP contribution in [0.25, 0.3) is 0 Å². The molecule has 0 aliphatic rings. The van der Waals surface area contributed by atoms with Crippen LogP contribution in [0.2, 0.25) is 0 Å². The summed E-state index contributed by atoms with van der Waals surface area (Å²) in [6, 6.07) is 11.7. The van der Waals surface area contributed by atoms with Crippen molar-refractivity contribution in [3.05, 3.63) is 47.5 Å². The first-order valence-corrected chi connectivity index (χ1v) is 6.72. The van der Waals surface area contributed by atoms with E-state index in [9.17, 15) is 0 Å². The van der Waals surface area contributed by atoms with Crippen molar-refractivity contribution in [2.75, 3.05) is 12.8 Å². The van der Waals surface area contributed by atoms with Crippen LogP contribution >= 0.6 is 0 Å². The molecule has 0 aliphatic heterocycles. The maximum atomic E-state index is 6.01.